The topological polar surface area (TPSA) is 0 Å². The van der Waals surface area contributed by atoms with Crippen LogP contribution in [0.3, 0.4) is 0 Å². The molecule has 0 amide bonds. The van der Waals surface area contributed by atoms with Crippen LogP contribution < -0.4 is 0 Å². The van der Waals surface area contributed by atoms with Crippen molar-refractivity contribution in [1.82, 2.24) is 0 Å². The molecule has 0 heteroatoms. The Bertz CT molecular complexity index is 222. The van der Waals surface area contributed by atoms with Crippen molar-refractivity contribution in [1.29, 1.82) is 0 Å². The van der Waals surface area contributed by atoms with Crippen molar-refractivity contribution >= 4 is 0 Å². The lowest BCUT2D eigenvalue weighted by Crippen LogP contribution is -2.05. The maximum absolute atomic E-state index is 2.55. The average Bonchev–Trinajstić information content (AvgIpc) is 2.92. The van der Waals surface area contributed by atoms with Gasteiger partial charge in [-0.25, -0.2) is 0 Å². The standard InChI is InChI=1S/C12H18/c1-12-8-11(12)7-6-10(12)5-4-9-2-3-9/h4-5,9-11H,2-3,6-8H2,1H3/b5-4+. The van der Waals surface area contributed by atoms with E-state index in [4.69, 9.17) is 0 Å². The zero-order valence-electron chi connectivity index (χ0n) is 7.92. The van der Waals surface area contributed by atoms with E-state index in [0.29, 0.717) is 0 Å². The number of rotatable bonds is 2. The van der Waals surface area contributed by atoms with Crippen molar-refractivity contribution < 1.29 is 0 Å². The third-order valence-electron chi connectivity index (χ3n) is 4.37. The molecule has 3 saturated carbocycles. The summed E-state index contributed by atoms with van der Waals surface area (Å²) in [6.45, 7) is 2.49. The molecule has 3 aliphatic carbocycles. The fraction of sp³-hybridized carbons (Fsp3) is 0.833. The highest BCUT2D eigenvalue weighted by Crippen LogP contribution is 2.66. The SMILES string of the molecule is CC12CC1CCC2/C=C/C1CC1. The van der Waals surface area contributed by atoms with E-state index >= 15 is 0 Å². The lowest BCUT2D eigenvalue weighted by Gasteiger charge is -2.13. The second kappa shape index (κ2) is 2.16. The van der Waals surface area contributed by atoms with Gasteiger partial charge >= 0.3 is 0 Å². The molecule has 0 heterocycles. The van der Waals surface area contributed by atoms with Crippen LogP contribution in [0.4, 0.5) is 0 Å². The van der Waals surface area contributed by atoms with Gasteiger partial charge in [-0.3, -0.25) is 0 Å². The molecule has 3 atom stereocenters. The Labute approximate surface area is 75.0 Å². The van der Waals surface area contributed by atoms with Gasteiger partial charge in [-0.05, 0) is 55.3 Å². The van der Waals surface area contributed by atoms with Gasteiger partial charge in [0.15, 0.2) is 0 Å². The smallest absolute Gasteiger partial charge is 0.0177 e. The van der Waals surface area contributed by atoms with Crippen molar-refractivity contribution in [2.45, 2.75) is 39.0 Å². The molecule has 12 heavy (non-hydrogen) atoms. The van der Waals surface area contributed by atoms with Crippen LogP contribution >= 0.6 is 0 Å². The van der Waals surface area contributed by atoms with Gasteiger partial charge in [0.2, 0.25) is 0 Å². The van der Waals surface area contributed by atoms with Crippen molar-refractivity contribution in [2.75, 3.05) is 0 Å². The molecule has 0 aromatic rings. The third kappa shape index (κ3) is 0.967. The molecule has 3 aliphatic rings. The molecular weight excluding hydrogens is 144 g/mol. The van der Waals surface area contributed by atoms with Gasteiger partial charge in [0, 0.05) is 0 Å². The Morgan fingerprint density at radius 2 is 1.92 bits per heavy atom. The number of allylic oxidation sites excluding steroid dienone is 2. The summed E-state index contributed by atoms with van der Waals surface area (Å²) < 4.78 is 0. The zero-order valence-corrected chi connectivity index (χ0v) is 7.92. The second-order valence-corrected chi connectivity index (χ2v) is 5.31. The molecule has 0 N–H and O–H groups in total. The molecule has 0 saturated heterocycles. The second-order valence-electron chi connectivity index (χ2n) is 5.31. The van der Waals surface area contributed by atoms with Crippen molar-refractivity contribution in [3.8, 4) is 0 Å². The van der Waals surface area contributed by atoms with Gasteiger partial charge in [-0.2, -0.15) is 0 Å². The Balaban J connectivity index is 1.68. The molecule has 3 fully saturated rings. The normalized spacial score (nSPS) is 51.4. The van der Waals surface area contributed by atoms with Crippen LogP contribution in [0.5, 0.6) is 0 Å². The quantitative estimate of drug-likeness (QED) is 0.546. The van der Waals surface area contributed by atoms with Crippen LogP contribution in [-0.4, -0.2) is 0 Å². The molecule has 0 nitrogen and oxygen atoms in total. The zero-order chi connectivity index (χ0) is 8.18. The van der Waals surface area contributed by atoms with Crippen molar-refractivity contribution in [2.24, 2.45) is 23.2 Å². The maximum Gasteiger partial charge on any atom is -0.0177 e. The van der Waals surface area contributed by atoms with E-state index in [2.05, 4.69) is 19.1 Å². The summed E-state index contributed by atoms with van der Waals surface area (Å²) in [5.74, 6) is 3.03. The van der Waals surface area contributed by atoms with Gasteiger partial charge in [0.1, 0.15) is 0 Å². The molecule has 0 bridgehead atoms. The summed E-state index contributed by atoms with van der Waals surface area (Å²) in [5.41, 5.74) is 0.755. The lowest BCUT2D eigenvalue weighted by atomic mass is 9.91. The van der Waals surface area contributed by atoms with Crippen LogP contribution in [0.2, 0.25) is 0 Å². The molecule has 0 aliphatic heterocycles. The molecule has 3 rings (SSSR count). The minimum absolute atomic E-state index is 0.755. The van der Waals surface area contributed by atoms with E-state index < -0.39 is 0 Å². The van der Waals surface area contributed by atoms with Crippen LogP contribution in [0.15, 0.2) is 12.2 Å². The van der Waals surface area contributed by atoms with E-state index in [1.165, 1.54) is 32.1 Å². The van der Waals surface area contributed by atoms with E-state index in [9.17, 15) is 0 Å². The maximum atomic E-state index is 2.55. The van der Waals surface area contributed by atoms with Gasteiger partial charge in [-0.15, -0.1) is 0 Å². The number of hydrogen-bond donors (Lipinski definition) is 0. The first-order valence-electron chi connectivity index (χ1n) is 5.47. The lowest BCUT2D eigenvalue weighted by molar-refractivity contribution is 0.432. The fourth-order valence-corrected chi connectivity index (χ4v) is 2.96. The third-order valence-corrected chi connectivity index (χ3v) is 4.37. The van der Waals surface area contributed by atoms with E-state index in [-0.39, 0.29) is 0 Å². The monoisotopic (exact) mass is 162 g/mol. The first-order valence-corrected chi connectivity index (χ1v) is 5.47. The predicted molar refractivity (Wildman–Crippen MR) is 50.8 cm³/mol. The molecule has 0 spiro atoms. The molecule has 0 aromatic heterocycles. The Kier molecular flexibility index (Phi) is 1.29. The minimum Gasteiger partial charge on any atom is -0.0851 e. The molecular formula is C12H18. The fourth-order valence-electron chi connectivity index (χ4n) is 2.96. The minimum atomic E-state index is 0.755. The molecule has 0 radical (unpaired) electrons. The van der Waals surface area contributed by atoms with Crippen molar-refractivity contribution in [3.05, 3.63) is 12.2 Å². The Morgan fingerprint density at radius 1 is 1.08 bits per heavy atom. The Hall–Kier alpha value is -0.260. The molecule has 66 valence electrons. The largest absolute Gasteiger partial charge is 0.0851 e. The van der Waals surface area contributed by atoms with E-state index in [0.717, 1.165) is 23.2 Å². The summed E-state index contributed by atoms with van der Waals surface area (Å²) in [6, 6.07) is 0. The summed E-state index contributed by atoms with van der Waals surface area (Å²) in [6.07, 6.45) is 12.5. The van der Waals surface area contributed by atoms with Crippen LogP contribution in [0, 0.1) is 23.2 Å². The van der Waals surface area contributed by atoms with Crippen LogP contribution in [0.1, 0.15) is 39.0 Å². The average molecular weight is 162 g/mol. The van der Waals surface area contributed by atoms with Gasteiger partial charge < -0.3 is 0 Å². The highest BCUT2D eigenvalue weighted by atomic mass is 14.6. The van der Waals surface area contributed by atoms with Crippen LogP contribution in [0.25, 0.3) is 0 Å². The van der Waals surface area contributed by atoms with Crippen molar-refractivity contribution in [3.63, 3.8) is 0 Å². The van der Waals surface area contributed by atoms with Gasteiger partial charge in [0.05, 0.1) is 0 Å². The van der Waals surface area contributed by atoms with E-state index in [1.807, 2.05) is 0 Å². The van der Waals surface area contributed by atoms with Gasteiger partial charge in [-0.1, -0.05) is 19.1 Å². The number of fused-ring (bicyclic) bond motifs is 1. The summed E-state index contributed by atoms with van der Waals surface area (Å²) in [4.78, 5) is 0. The first-order chi connectivity index (χ1) is 5.79. The highest BCUT2D eigenvalue weighted by Gasteiger charge is 2.57. The molecule has 0 aromatic carbocycles. The first kappa shape index (κ1) is 7.17. The Morgan fingerprint density at radius 3 is 2.42 bits per heavy atom. The van der Waals surface area contributed by atoms with Crippen LogP contribution in [-0.2, 0) is 0 Å². The summed E-state index contributed by atoms with van der Waals surface area (Å²) >= 11 is 0. The van der Waals surface area contributed by atoms with E-state index in [1.54, 1.807) is 0 Å². The summed E-state index contributed by atoms with van der Waals surface area (Å²) in [5, 5.41) is 0. The van der Waals surface area contributed by atoms with Gasteiger partial charge in [0.25, 0.3) is 0 Å². The predicted octanol–water partition coefficient (Wildman–Crippen LogP) is 3.39. The summed E-state index contributed by atoms with van der Waals surface area (Å²) in [7, 11) is 0. The highest BCUT2D eigenvalue weighted by molar-refractivity contribution is 5.15. The number of hydrogen-bond acceptors (Lipinski definition) is 0. The molecule has 3 unspecified atom stereocenters.